The minimum atomic E-state index is -1.18. The van der Waals surface area contributed by atoms with Crippen LogP contribution in [0, 0.1) is 11.8 Å². The van der Waals surface area contributed by atoms with Gasteiger partial charge >= 0.3 is 5.97 Å². The van der Waals surface area contributed by atoms with E-state index in [-0.39, 0.29) is 29.6 Å². The molecule has 2 aliphatic heterocycles. The van der Waals surface area contributed by atoms with Crippen LogP contribution in [0.1, 0.15) is 28.3 Å². The third-order valence-corrected chi connectivity index (χ3v) is 5.69. The molecule has 5 nitrogen and oxygen atoms in total. The summed E-state index contributed by atoms with van der Waals surface area (Å²) in [6.45, 7) is 0.450. The van der Waals surface area contributed by atoms with Crippen LogP contribution in [0.3, 0.4) is 0 Å². The second-order valence-corrected chi connectivity index (χ2v) is 7.70. The van der Waals surface area contributed by atoms with Crippen LogP contribution in [0.2, 0.25) is 10.0 Å². The summed E-state index contributed by atoms with van der Waals surface area (Å²) in [5, 5.41) is 0.498. The van der Waals surface area contributed by atoms with Crippen molar-refractivity contribution in [2.75, 3.05) is 13.2 Å². The van der Waals surface area contributed by atoms with Crippen LogP contribution in [-0.2, 0) is 14.3 Å². The van der Waals surface area contributed by atoms with Gasteiger partial charge in [0.15, 0.2) is 11.5 Å². The first-order valence-corrected chi connectivity index (χ1v) is 9.63. The van der Waals surface area contributed by atoms with Crippen molar-refractivity contribution in [1.82, 2.24) is 0 Å². The summed E-state index contributed by atoms with van der Waals surface area (Å²) in [6.07, 6.45) is 0.228. The zero-order valence-electron chi connectivity index (χ0n) is 14.7. The monoisotopic (exact) mass is 418 g/mol. The molecule has 28 heavy (non-hydrogen) atoms. The SMILES string of the molecule is O=C1Oc2c(Cl)cc(Cl)cc2[C@@H]([C@@H]2COCCC2=O)[C@@H]1C(=O)c1ccccc1. The van der Waals surface area contributed by atoms with E-state index in [0.717, 1.165) is 0 Å². The largest absolute Gasteiger partial charge is 0.424 e. The quantitative estimate of drug-likeness (QED) is 0.324. The van der Waals surface area contributed by atoms with Gasteiger partial charge in [0.2, 0.25) is 0 Å². The lowest BCUT2D eigenvalue weighted by Crippen LogP contribution is -2.45. The van der Waals surface area contributed by atoms with Gasteiger partial charge in [0.1, 0.15) is 11.7 Å². The van der Waals surface area contributed by atoms with Gasteiger partial charge in [-0.1, -0.05) is 53.5 Å². The minimum absolute atomic E-state index is 0.0566. The van der Waals surface area contributed by atoms with Crippen molar-refractivity contribution in [1.29, 1.82) is 0 Å². The second-order valence-electron chi connectivity index (χ2n) is 6.86. The van der Waals surface area contributed by atoms with Crippen molar-refractivity contribution in [2.24, 2.45) is 11.8 Å². The molecule has 1 saturated heterocycles. The minimum Gasteiger partial charge on any atom is -0.424 e. The Labute approximate surface area is 171 Å². The molecular weight excluding hydrogens is 403 g/mol. The highest BCUT2D eigenvalue weighted by Crippen LogP contribution is 2.48. The molecular formula is C21H16Cl2O5. The number of Topliss-reactive ketones (excluding diaryl/α,β-unsaturated/α-hetero) is 2. The van der Waals surface area contributed by atoms with E-state index in [4.69, 9.17) is 32.7 Å². The third-order valence-electron chi connectivity index (χ3n) is 5.19. The number of carbonyl (C=O) groups is 3. The van der Waals surface area contributed by atoms with Gasteiger partial charge in [-0.05, 0) is 12.1 Å². The molecule has 7 heteroatoms. The highest BCUT2D eigenvalue weighted by molar-refractivity contribution is 6.36. The van der Waals surface area contributed by atoms with Crippen LogP contribution < -0.4 is 4.74 Å². The summed E-state index contributed by atoms with van der Waals surface area (Å²) in [6, 6.07) is 11.5. The summed E-state index contributed by atoms with van der Waals surface area (Å²) >= 11 is 12.4. The molecule has 3 atom stereocenters. The number of fused-ring (bicyclic) bond motifs is 1. The molecule has 2 aliphatic rings. The van der Waals surface area contributed by atoms with Gasteiger partial charge in [0.25, 0.3) is 0 Å². The first-order valence-electron chi connectivity index (χ1n) is 8.87. The maximum absolute atomic E-state index is 13.2. The van der Waals surface area contributed by atoms with Crippen LogP contribution >= 0.6 is 23.2 Å². The Bertz CT molecular complexity index is 957. The van der Waals surface area contributed by atoms with Gasteiger partial charge in [-0.15, -0.1) is 0 Å². The smallest absolute Gasteiger partial charge is 0.322 e. The molecule has 2 heterocycles. The molecule has 0 bridgehead atoms. The van der Waals surface area contributed by atoms with E-state index in [1.165, 1.54) is 6.07 Å². The highest BCUT2D eigenvalue weighted by atomic mass is 35.5. The van der Waals surface area contributed by atoms with E-state index >= 15 is 0 Å². The highest BCUT2D eigenvalue weighted by Gasteiger charge is 2.49. The summed E-state index contributed by atoms with van der Waals surface area (Å²) in [5.41, 5.74) is 0.852. The van der Waals surface area contributed by atoms with Gasteiger partial charge in [-0.25, -0.2) is 0 Å². The fraction of sp³-hybridized carbons (Fsp3) is 0.286. The van der Waals surface area contributed by atoms with Crippen molar-refractivity contribution in [3.8, 4) is 5.75 Å². The number of halogens is 2. The molecule has 1 fully saturated rings. The lowest BCUT2D eigenvalue weighted by Gasteiger charge is -2.37. The molecule has 2 aromatic carbocycles. The zero-order chi connectivity index (χ0) is 19.8. The lowest BCUT2D eigenvalue weighted by molar-refractivity contribution is -0.142. The normalized spacial score (nSPS) is 24.4. The van der Waals surface area contributed by atoms with E-state index in [1.807, 2.05) is 0 Å². The third kappa shape index (κ3) is 3.34. The summed E-state index contributed by atoms with van der Waals surface area (Å²) in [4.78, 5) is 38.8. The maximum atomic E-state index is 13.2. The number of carbonyl (C=O) groups excluding carboxylic acids is 3. The Balaban J connectivity index is 1.87. The number of benzene rings is 2. The molecule has 0 aliphatic carbocycles. The number of hydrogen-bond donors (Lipinski definition) is 0. The van der Waals surface area contributed by atoms with Crippen LogP contribution in [0.15, 0.2) is 42.5 Å². The van der Waals surface area contributed by atoms with E-state index in [0.29, 0.717) is 22.8 Å². The van der Waals surface area contributed by atoms with Crippen molar-refractivity contribution >= 4 is 40.7 Å². The molecule has 0 radical (unpaired) electrons. The van der Waals surface area contributed by atoms with Crippen molar-refractivity contribution in [3.05, 3.63) is 63.6 Å². The first kappa shape index (κ1) is 19.1. The van der Waals surface area contributed by atoms with E-state index in [9.17, 15) is 14.4 Å². The number of hydrogen-bond acceptors (Lipinski definition) is 5. The molecule has 0 unspecified atom stereocenters. The summed E-state index contributed by atoms with van der Waals surface area (Å²) in [5.74, 6) is -3.64. The molecule has 0 aromatic heterocycles. The van der Waals surface area contributed by atoms with Gasteiger partial charge in [-0.2, -0.15) is 0 Å². The van der Waals surface area contributed by atoms with Crippen molar-refractivity contribution in [3.63, 3.8) is 0 Å². The number of ketones is 2. The fourth-order valence-corrected chi connectivity index (χ4v) is 4.44. The molecule has 144 valence electrons. The van der Waals surface area contributed by atoms with Crippen molar-refractivity contribution in [2.45, 2.75) is 12.3 Å². The average molecular weight is 419 g/mol. The maximum Gasteiger partial charge on any atom is 0.322 e. The molecule has 0 spiro atoms. The lowest BCUT2D eigenvalue weighted by atomic mass is 9.70. The number of esters is 1. The van der Waals surface area contributed by atoms with Crippen LogP contribution in [0.5, 0.6) is 5.75 Å². The van der Waals surface area contributed by atoms with Crippen LogP contribution in [0.25, 0.3) is 0 Å². The van der Waals surface area contributed by atoms with Crippen LogP contribution in [-0.4, -0.2) is 30.7 Å². The molecule has 0 N–H and O–H groups in total. The van der Waals surface area contributed by atoms with Crippen molar-refractivity contribution < 1.29 is 23.9 Å². The first-order chi connectivity index (χ1) is 13.5. The van der Waals surface area contributed by atoms with E-state index in [2.05, 4.69) is 0 Å². The van der Waals surface area contributed by atoms with Gasteiger partial charge in [0, 0.05) is 34.4 Å². The standard InChI is InChI=1S/C21H16Cl2O5/c22-12-8-13-17(14-10-27-7-6-16(14)24)18(19(25)11-4-2-1-3-5-11)21(26)28-20(13)15(23)9-12/h1-5,8-9,14,17-18H,6-7,10H2/t14-,17+,18-/m1/s1. The Morgan fingerprint density at radius 2 is 1.82 bits per heavy atom. The fourth-order valence-electron chi connectivity index (χ4n) is 3.89. The van der Waals surface area contributed by atoms with Gasteiger partial charge < -0.3 is 9.47 Å². The molecule has 0 amide bonds. The summed E-state index contributed by atoms with van der Waals surface area (Å²) < 4.78 is 10.9. The zero-order valence-corrected chi connectivity index (χ0v) is 16.2. The number of rotatable bonds is 3. The predicted molar refractivity (Wildman–Crippen MR) is 103 cm³/mol. The predicted octanol–water partition coefficient (Wildman–Crippen LogP) is 4.10. The van der Waals surface area contributed by atoms with E-state index in [1.54, 1.807) is 36.4 Å². The van der Waals surface area contributed by atoms with Crippen LogP contribution in [0.4, 0.5) is 0 Å². The molecule has 2 aromatic rings. The van der Waals surface area contributed by atoms with E-state index < -0.39 is 29.5 Å². The molecule has 4 rings (SSSR count). The average Bonchev–Trinajstić information content (AvgIpc) is 2.68. The topological polar surface area (TPSA) is 69.7 Å². The summed E-state index contributed by atoms with van der Waals surface area (Å²) in [7, 11) is 0. The Morgan fingerprint density at radius 1 is 1.07 bits per heavy atom. The molecule has 0 saturated carbocycles. The Kier molecular flexibility index (Phi) is 5.23. The Morgan fingerprint density at radius 3 is 2.54 bits per heavy atom. The Hall–Kier alpha value is -2.21. The van der Waals surface area contributed by atoms with Gasteiger partial charge in [0.05, 0.1) is 18.2 Å². The second kappa shape index (κ2) is 7.66. The van der Waals surface area contributed by atoms with Gasteiger partial charge in [-0.3, -0.25) is 14.4 Å². The number of ether oxygens (including phenoxy) is 2.